The molecule has 0 aromatic carbocycles. The molecule has 1 N–H and O–H groups in total. The van der Waals surface area contributed by atoms with Crippen LogP contribution in [0.25, 0.3) is 0 Å². The molecular weight excluding hydrogens is 239 g/mol. The molecule has 0 aromatic rings. The Balaban J connectivity index is -0.0000000450. The van der Waals surface area contributed by atoms with Gasteiger partial charge < -0.3 is 5.48 Å². The Morgan fingerprint density at radius 3 is 1.00 bits per heavy atom. The molecule has 0 amide bonds. The zero-order valence-corrected chi connectivity index (χ0v) is 7.70. The Morgan fingerprint density at radius 2 is 1.00 bits per heavy atom. The first-order valence-corrected chi connectivity index (χ1v) is 3.71. The van der Waals surface area contributed by atoms with Gasteiger partial charge in [-0.3, -0.25) is 0 Å². The summed E-state index contributed by atoms with van der Waals surface area (Å²) in [6.45, 7) is 0. The van der Waals surface area contributed by atoms with Gasteiger partial charge in [-0.05, 0) is 0 Å². The molecule has 0 unspecified atom stereocenters. The standard InChI is InChI=1S/Mg.H2O.3O.Sm.H/h;1H2;;;;;/q+1;;;;;;/p-1. The molecule has 4 nitrogen and oxygen atoms in total. The average molecular weight is 241 g/mol. The van der Waals surface area contributed by atoms with E-state index in [2.05, 4.69) is 0 Å². The van der Waals surface area contributed by atoms with E-state index in [9.17, 15) is 0 Å². The van der Waals surface area contributed by atoms with Crippen LogP contribution in [0.4, 0.5) is 0 Å². The van der Waals surface area contributed by atoms with Gasteiger partial charge in [-0.25, -0.2) is 0 Å². The topological polar surface area (TPSA) is 81.2 Å². The second kappa shape index (κ2) is 9.68. The van der Waals surface area contributed by atoms with Crippen LogP contribution in [-0.4, -0.2) is 28.5 Å². The zero-order valence-electron chi connectivity index (χ0n) is 3.08. The quantitative estimate of drug-likeness (QED) is 0.499. The van der Waals surface area contributed by atoms with E-state index >= 15 is 0 Å². The Kier molecular flexibility index (Phi) is 25.3. The summed E-state index contributed by atoms with van der Waals surface area (Å²) in [4.78, 5) is 0. The normalized spacial score (nSPS) is 4.00. The molecule has 0 aromatic heterocycles. The summed E-state index contributed by atoms with van der Waals surface area (Å²) >= 11 is -4.28. The zero-order chi connectivity index (χ0) is 3.58. The van der Waals surface area contributed by atoms with Gasteiger partial charge in [0.05, 0.1) is 0 Å². The van der Waals surface area contributed by atoms with Crippen LogP contribution < -0.4 is 0 Å². The molecule has 0 rings (SSSR count). The molecule has 0 saturated carbocycles. The SMILES string of the molecule is [MgH+].[OH-].[O]=[Sm](=[O])=[O]. The van der Waals surface area contributed by atoms with Crippen molar-refractivity contribution < 1.29 is 43.4 Å². The van der Waals surface area contributed by atoms with Crippen LogP contribution in [0.15, 0.2) is 0 Å². The first-order chi connectivity index (χ1) is 1.73. The van der Waals surface area contributed by atoms with Gasteiger partial charge >= 0.3 is 61.0 Å². The summed E-state index contributed by atoms with van der Waals surface area (Å²) in [5.41, 5.74) is 0. The van der Waals surface area contributed by atoms with Gasteiger partial charge in [0, 0.05) is 0 Å². The van der Waals surface area contributed by atoms with Gasteiger partial charge in [0.15, 0.2) is 0 Å². The van der Waals surface area contributed by atoms with Gasteiger partial charge in [0.1, 0.15) is 0 Å². The maximum atomic E-state index is 8.61. The van der Waals surface area contributed by atoms with Crippen molar-refractivity contribution in [2.24, 2.45) is 0 Å². The van der Waals surface area contributed by atoms with Crippen molar-refractivity contribution in [3.05, 3.63) is 0 Å². The van der Waals surface area contributed by atoms with Crippen LogP contribution in [-0.2, 0) is 3.32 Å². The third kappa shape index (κ3) is 50.8. The fourth-order valence-electron chi connectivity index (χ4n) is 0. The third-order valence-electron chi connectivity index (χ3n) is 0. The van der Waals surface area contributed by atoms with Crippen LogP contribution in [0.3, 0.4) is 0 Å². The molecule has 0 aliphatic carbocycles. The fourth-order valence-corrected chi connectivity index (χ4v) is 0. The molecular formula is H2MgO4Sm. The van der Waals surface area contributed by atoms with Crippen molar-refractivity contribution in [1.82, 2.24) is 0 Å². The predicted octanol–water partition coefficient (Wildman–Crippen LogP) is -1.18. The molecule has 0 radical (unpaired) electrons. The Morgan fingerprint density at radius 1 is 1.00 bits per heavy atom. The molecule has 0 aliphatic rings. The van der Waals surface area contributed by atoms with Crippen LogP contribution in [0, 0.1) is 34.6 Å². The summed E-state index contributed by atoms with van der Waals surface area (Å²) in [7, 11) is 0. The van der Waals surface area contributed by atoms with E-state index < -0.39 is 34.6 Å². The van der Waals surface area contributed by atoms with Gasteiger partial charge in [0.2, 0.25) is 0 Å². The number of hydrogen-bond donors (Lipinski definition) is 0. The minimum absolute atomic E-state index is 0. The second-order valence-electron chi connectivity index (χ2n) is 0.204. The van der Waals surface area contributed by atoms with Gasteiger partial charge in [-0.15, -0.1) is 0 Å². The van der Waals surface area contributed by atoms with E-state index in [0.29, 0.717) is 0 Å². The summed E-state index contributed by atoms with van der Waals surface area (Å²) in [6.07, 6.45) is 0. The first-order valence-electron chi connectivity index (χ1n) is 0.500. The van der Waals surface area contributed by atoms with Gasteiger partial charge in [0.25, 0.3) is 0 Å². The Hall–Kier alpha value is 1.46. The number of hydrogen-bond acceptors (Lipinski definition) is 4. The Labute approximate surface area is 65.3 Å². The molecule has 0 aliphatic heterocycles. The molecule has 6 heteroatoms. The van der Waals surface area contributed by atoms with Crippen molar-refractivity contribution in [2.75, 3.05) is 0 Å². The molecule has 0 atom stereocenters. The summed E-state index contributed by atoms with van der Waals surface area (Å²) in [6, 6.07) is 0. The predicted molar refractivity (Wildman–Crippen MR) is 11.1 cm³/mol. The minimum atomic E-state index is -4.28. The maximum absolute atomic E-state index is 8.61. The molecule has 6 heavy (non-hydrogen) atoms. The summed E-state index contributed by atoms with van der Waals surface area (Å²) in [5.74, 6) is 0. The third-order valence-corrected chi connectivity index (χ3v) is 0. The van der Waals surface area contributed by atoms with E-state index in [1.165, 1.54) is 0 Å². The number of rotatable bonds is 0. The van der Waals surface area contributed by atoms with Crippen LogP contribution in [0.2, 0.25) is 0 Å². The molecule has 0 heterocycles. The molecule has 0 fully saturated rings. The molecule has 0 saturated heterocycles. The second-order valence-corrected chi connectivity index (χ2v) is 1.51. The van der Waals surface area contributed by atoms with Crippen LogP contribution in [0.5, 0.6) is 0 Å². The van der Waals surface area contributed by atoms with Gasteiger partial charge in [-0.1, -0.05) is 0 Å². The van der Waals surface area contributed by atoms with Crippen molar-refractivity contribution in [2.45, 2.75) is 0 Å². The van der Waals surface area contributed by atoms with E-state index in [-0.39, 0.29) is 28.5 Å². The Bertz CT molecular complexity index is 76.9. The van der Waals surface area contributed by atoms with E-state index in [4.69, 9.17) is 3.32 Å². The average Bonchev–Trinajstić information content (AvgIpc) is 0.811. The van der Waals surface area contributed by atoms with Crippen LogP contribution in [0.1, 0.15) is 0 Å². The fraction of sp³-hybridized carbons (Fsp3) is 0. The monoisotopic (exact) mass is 242 g/mol. The van der Waals surface area contributed by atoms with Crippen molar-refractivity contribution >= 4 is 23.1 Å². The van der Waals surface area contributed by atoms with Gasteiger partial charge in [-0.2, -0.15) is 0 Å². The van der Waals surface area contributed by atoms with Crippen molar-refractivity contribution in [1.29, 1.82) is 0 Å². The van der Waals surface area contributed by atoms with E-state index in [1.54, 1.807) is 0 Å². The van der Waals surface area contributed by atoms with Crippen LogP contribution >= 0.6 is 0 Å². The molecule has 0 spiro atoms. The van der Waals surface area contributed by atoms with Crippen molar-refractivity contribution in [3.8, 4) is 0 Å². The molecule has 0 bridgehead atoms. The van der Waals surface area contributed by atoms with E-state index in [1.807, 2.05) is 0 Å². The summed E-state index contributed by atoms with van der Waals surface area (Å²) < 4.78 is 25.8. The van der Waals surface area contributed by atoms with E-state index in [0.717, 1.165) is 0 Å². The summed E-state index contributed by atoms with van der Waals surface area (Å²) in [5, 5.41) is 0. The van der Waals surface area contributed by atoms with Crippen molar-refractivity contribution in [3.63, 3.8) is 0 Å². The first kappa shape index (κ1) is 15.7. The molecule has 34 valence electrons.